The third-order valence-corrected chi connectivity index (χ3v) is 3.06. The SMILES string of the molecule is CCC(CNC(=O)Cc1ccsc1)C(=O)O. The second kappa shape index (κ2) is 6.27. The lowest BCUT2D eigenvalue weighted by Crippen LogP contribution is -2.33. The van der Waals surface area contributed by atoms with E-state index in [9.17, 15) is 9.59 Å². The predicted octanol–water partition coefficient (Wildman–Crippen LogP) is 1.52. The average Bonchev–Trinajstić information content (AvgIpc) is 2.70. The van der Waals surface area contributed by atoms with Crippen LogP contribution >= 0.6 is 11.3 Å². The van der Waals surface area contributed by atoms with Crippen LogP contribution in [0.15, 0.2) is 16.8 Å². The second-order valence-corrected chi connectivity index (χ2v) is 4.34. The standard InChI is InChI=1S/C11H15NO3S/c1-2-9(11(14)15)6-12-10(13)5-8-3-4-16-7-8/h3-4,7,9H,2,5-6H2,1H3,(H,12,13)(H,14,15). The highest BCUT2D eigenvalue weighted by molar-refractivity contribution is 7.07. The van der Waals surface area contributed by atoms with Crippen LogP contribution in [-0.2, 0) is 16.0 Å². The van der Waals surface area contributed by atoms with Crippen molar-refractivity contribution in [1.29, 1.82) is 0 Å². The van der Waals surface area contributed by atoms with Crippen molar-refractivity contribution in [3.8, 4) is 0 Å². The van der Waals surface area contributed by atoms with Crippen LogP contribution in [0.4, 0.5) is 0 Å². The van der Waals surface area contributed by atoms with E-state index in [1.54, 1.807) is 18.3 Å². The zero-order chi connectivity index (χ0) is 12.0. The fraction of sp³-hybridized carbons (Fsp3) is 0.455. The summed E-state index contributed by atoms with van der Waals surface area (Å²) in [6.45, 7) is 2.00. The largest absolute Gasteiger partial charge is 0.481 e. The molecule has 1 aromatic rings. The first-order valence-electron chi connectivity index (χ1n) is 5.14. The highest BCUT2D eigenvalue weighted by atomic mass is 32.1. The highest BCUT2D eigenvalue weighted by Crippen LogP contribution is 2.06. The summed E-state index contributed by atoms with van der Waals surface area (Å²) < 4.78 is 0. The van der Waals surface area contributed by atoms with Gasteiger partial charge in [-0.1, -0.05) is 6.92 Å². The number of amides is 1. The monoisotopic (exact) mass is 241 g/mol. The van der Waals surface area contributed by atoms with Gasteiger partial charge in [0.2, 0.25) is 5.91 Å². The van der Waals surface area contributed by atoms with Gasteiger partial charge in [0.25, 0.3) is 0 Å². The molecule has 0 saturated carbocycles. The van der Waals surface area contributed by atoms with Gasteiger partial charge in [-0.05, 0) is 28.8 Å². The lowest BCUT2D eigenvalue weighted by molar-refractivity contribution is -0.141. The Morgan fingerprint density at radius 3 is 2.81 bits per heavy atom. The van der Waals surface area contributed by atoms with Crippen molar-refractivity contribution in [2.24, 2.45) is 5.92 Å². The molecular weight excluding hydrogens is 226 g/mol. The van der Waals surface area contributed by atoms with Gasteiger partial charge in [0.15, 0.2) is 0 Å². The fourth-order valence-electron chi connectivity index (χ4n) is 1.28. The molecular formula is C11H15NO3S. The smallest absolute Gasteiger partial charge is 0.308 e. The van der Waals surface area contributed by atoms with Crippen LogP contribution in [0.5, 0.6) is 0 Å². The Labute approximate surface area is 98.3 Å². The summed E-state index contributed by atoms with van der Waals surface area (Å²) in [5.74, 6) is -1.48. The predicted molar refractivity (Wildman–Crippen MR) is 62.4 cm³/mol. The van der Waals surface area contributed by atoms with Crippen molar-refractivity contribution in [3.05, 3.63) is 22.4 Å². The van der Waals surface area contributed by atoms with E-state index in [1.165, 1.54) is 0 Å². The van der Waals surface area contributed by atoms with Crippen molar-refractivity contribution in [2.75, 3.05) is 6.54 Å². The number of carboxylic acids is 1. The number of hydrogen-bond acceptors (Lipinski definition) is 3. The number of hydrogen-bond donors (Lipinski definition) is 2. The Kier molecular flexibility index (Phi) is 4.98. The molecule has 1 heterocycles. The van der Waals surface area contributed by atoms with Gasteiger partial charge in [-0.25, -0.2) is 0 Å². The zero-order valence-electron chi connectivity index (χ0n) is 9.10. The van der Waals surface area contributed by atoms with E-state index >= 15 is 0 Å². The molecule has 0 radical (unpaired) electrons. The van der Waals surface area contributed by atoms with E-state index in [2.05, 4.69) is 5.32 Å². The van der Waals surface area contributed by atoms with Crippen molar-refractivity contribution in [2.45, 2.75) is 19.8 Å². The van der Waals surface area contributed by atoms with Gasteiger partial charge >= 0.3 is 5.97 Å². The second-order valence-electron chi connectivity index (χ2n) is 3.56. The van der Waals surface area contributed by atoms with E-state index in [0.717, 1.165) is 5.56 Å². The van der Waals surface area contributed by atoms with Crippen LogP contribution in [0.1, 0.15) is 18.9 Å². The molecule has 1 unspecified atom stereocenters. The van der Waals surface area contributed by atoms with E-state index in [4.69, 9.17) is 5.11 Å². The van der Waals surface area contributed by atoms with Crippen LogP contribution in [-0.4, -0.2) is 23.5 Å². The summed E-state index contributed by atoms with van der Waals surface area (Å²) in [7, 11) is 0. The summed E-state index contributed by atoms with van der Waals surface area (Å²) in [4.78, 5) is 22.2. The topological polar surface area (TPSA) is 66.4 Å². The molecule has 0 spiro atoms. The first kappa shape index (κ1) is 12.7. The van der Waals surface area contributed by atoms with Crippen molar-refractivity contribution >= 4 is 23.2 Å². The lowest BCUT2D eigenvalue weighted by Gasteiger charge is -2.10. The molecule has 5 heteroatoms. The molecule has 0 saturated heterocycles. The Hall–Kier alpha value is -1.36. The zero-order valence-corrected chi connectivity index (χ0v) is 9.92. The van der Waals surface area contributed by atoms with Crippen molar-refractivity contribution in [3.63, 3.8) is 0 Å². The van der Waals surface area contributed by atoms with E-state index in [1.807, 2.05) is 16.8 Å². The molecule has 16 heavy (non-hydrogen) atoms. The number of aliphatic carboxylic acids is 1. The van der Waals surface area contributed by atoms with Gasteiger partial charge < -0.3 is 10.4 Å². The molecule has 88 valence electrons. The maximum Gasteiger partial charge on any atom is 0.308 e. The Bertz CT molecular complexity index is 348. The van der Waals surface area contributed by atoms with E-state index in [0.29, 0.717) is 12.8 Å². The van der Waals surface area contributed by atoms with Gasteiger partial charge in [-0.3, -0.25) is 9.59 Å². The molecule has 1 rings (SSSR count). The van der Waals surface area contributed by atoms with Gasteiger partial charge in [-0.15, -0.1) is 0 Å². The quantitative estimate of drug-likeness (QED) is 0.793. The van der Waals surface area contributed by atoms with Crippen LogP contribution in [0, 0.1) is 5.92 Å². The summed E-state index contributed by atoms with van der Waals surface area (Å²) in [5, 5.41) is 15.3. The average molecular weight is 241 g/mol. The summed E-state index contributed by atoms with van der Waals surface area (Å²) in [5.41, 5.74) is 0.964. The van der Waals surface area contributed by atoms with E-state index in [-0.39, 0.29) is 12.5 Å². The first-order chi connectivity index (χ1) is 7.63. The fourth-order valence-corrected chi connectivity index (χ4v) is 1.95. The number of carboxylic acid groups (broad SMARTS) is 1. The number of carbonyl (C=O) groups excluding carboxylic acids is 1. The number of nitrogens with one attached hydrogen (secondary N) is 1. The molecule has 1 amide bonds. The number of carbonyl (C=O) groups is 2. The number of rotatable bonds is 6. The van der Waals surface area contributed by atoms with Crippen molar-refractivity contribution in [1.82, 2.24) is 5.32 Å². The van der Waals surface area contributed by atoms with Gasteiger partial charge in [0.05, 0.1) is 12.3 Å². The minimum Gasteiger partial charge on any atom is -0.481 e. The van der Waals surface area contributed by atoms with E-state index < -0.39 is 11.9 Å². The molecule has 0 fully saturated rings. The van der Waals surface area contributed by atoms with Crippen molar-refractivity contribution < 1.29 is 14.7 Å². The molecule has 0 bridgehead atoms. The Morgan fingerprint density at radius 2 is 2.31 bits per heavy atom. The van der Waals surface area contributed by atoms with Gasteiger partial charge in [-0.2, -0.15) is 11.3 Å². The Morgan fingerprint density at radius 1 is 1.56 bits per heavy atom. The summed E-state index contributed by atoms with van der Waals surface area (Å²) >= 11 is 1.54. The summed E-state index contributed by atoms with van der Waals surface area (Å²) in [6, 6.07) is 1.89. The molecule has 0 aliphatic heterocycles. The molecule has 0 aromatic carbocycles. The number of thiophene rings is 1. The van der Waals surface area contributed by atoms with Gasteiger partial charge in [0.1, 0.15) is 0 Å². The molecule has 0 aliphatic carbocycles. The normalized spacial score (nSPS) is 12.1. The third kappa shape index (κ3) is 4.02. The molecule has 1 atom stereocenters. The molecule has 1 aromatic heterocycles. The third-order valence-electron chi connectivity index (χ3n) is 2.33. The van der Waals surface area contributed by atoms with Gasteiger partial charge in [0, 0.05) is 6.54 Å². The summed E-state index contributed by atoms with van der Waals surface area (Å²) in [6.07, 6.45) is 0.841. The van der Waals surface area contributed by atoms with Crippen LogP contribution in [0.3, 0.4) is 0 Å². The maximum absolute atomic E-state index is 11.5. The Balaban J connectivity index is 2.32. The lowest BCUT2D eigenvalue weighted by atomic mass is 10.1. The van der Waals surface area contributed by atoms with Crippen LogP contribution in [0.25, 0.3) is 0 Å². The molecule has 0 aliphatic rings. The molecule has 4 nitrogen and oxygen atoms in total. The minimum absolute atomic E-state index is 0.127. The maximum atomic E-state index is 11.5. The minimum atomic E-state index is -0.863. The molecule has 2 N–H and O–H groups in total. The highest BCUT2D eigenvalue weighted by Gasteiger charge is 2.15. The van der Waals surface area contributed by atoms with Crippen LogP contribution in [0.2, 0.25) is 0 Å². The van der Waals surface area contributed by atoms with Crippen LogP contribution < -0.4 is 5.32 Å². The first-order valence-corrected chi connectivity index (χ1v) is 6.08.